The summed E-state index contributed by atoms with van der Waals surface area (Å²) < 4.78 is 22.7. The van der Waals surface area contributed by atoms with Gasteiger partial charge in [0.2, 0.25) is 5.71 Å². The highest BCUT2D eigenvalue weighted by atomic mass is 16.5. The van der Waals surface area contributed by atoms with E-state index in [1.54, 1.807) is 18.2 Å². The second-order valence-corrected chi connectivity index (χ2v) is 8.01. The maximum Gasteiger partial charge on any atom is 0.229 e. The summed E-state index contributed by atoms with van der Waals surface area (Å²) in [6, 6.07) is 10.9. The van der Waals surface area contributed by atoms with Crippen LogP contribution in [0.4, 0.5) is 5.82 Å². The van der Waals surface area contributed by atoms with Crippen LogP contribution >= 0.6 is 0 Å². The van der Waals surface area contributed by atoms with Crippen molar-refractivity contribution >= 4 is 28.0 Å². The second kappa shape index (κ2) is 10.3. The summed E-state index contributed by atoms with van der Waals surface area (Å²) in [6.45, 7) is 7.04. The number of phenolic OH excluding ortho intramolecular Hbond substituents is 1. The molecule has 0 aliphatic carbocycles. The quantitative estimate of drug-likeness (QED) is 0.372. The number of aromatic hydroxyl groups is 1. The van der Waals surface area contributed by atoms with E-state index in [0.717, 1.165) is 16.6 Å². The number of ether oxygens (including phenoxy) is 3. The molecule has 5 rings (SSSR count). The van der Waals surface area contributed by atoms with Crippen molar-refractivity contribution < 1.29 is 23.7 Å². The highest BCUT2D eigenvalue weighted by molar-refractivity contribution is 6.05. The third-order valence-electron chi connectivity index (χ3n) is 5.71. The topological polar surface area (TPSA) is 103 Å². The number of anilines is 1. The molecular weight excluding hydrogens is 436 g/mol. The number of hydrogen-bond donors (Lipinski definition) is 1. The number of hydrogen-bond acceptors (Lipinski definition) is 9. The van der Waals surface area contributed by atoms with Crippen molar-refractivity contribution in [1.29, 1.82) is 0 Å². The summed E-state index contributed by atoms with van der Waals surface area (Å²) in [5.74, 6) is 1.41. The van der Waals surface area contributed by atoms with Crippen LogP contribution in [0.1, 0.15) is 12.6 Å². The maximum absolute atomic E-state index is 9.97. The molecule has 1 fully saturated rings. The van der Waals surface area contributed by atoms with Crippen LogP contribution in [0.2, 0.25) is 0 Å². The van der Waals surface area contributed by atoms with Crippen molar-refractivity contribution in [2.75, 3.05) is 57.6 Å². The van der Waals surface area contributed by atoms with E-state index in [2.05, 4.69) is 4.90 Å². The molecule has 0 bridgehead atoms. The minimum Gasteiger partial charge on any atom is -0.508 e. The minimum atomic E-state index is 0.168. The molecule has 178 valence electrons. The Morgan fingerprint density at radius 2 is 1.85 bits per heavy atom. The van der Waals surface area contributed by atoms with Crippen molar-refractivity contribution in [3.8, 4) is 17.1 Å². The Morgan fingerprint density at radius 3 is 2.68 bits per heavy atom. The first kappa shape index (κ1) is 22.5. The van der Waals surface area contributed by atoms with E-state index in [1.165, 1.54) is 0 Å². The monoisotopic (exact) mass is 464 g/mol. The molecule has 34 heavy (non-hydrogen) atoms. The summed E-state index contributed by atoms with van der Waals surface area (Å²) in [6.07, 6.45) is 0.676. The third-order valence-corrected chi connectivity index (χ3v) is 5.71. The molecule has 0 atom stereocenters. The van der Waals surface area contributed by atoms with Gasteiger partial charge in [0.05, 0.1) is 38.4 Å². The van der Waals surface area contributed by atoms with E-state index in [9.17, 15) is 5.11 Å². The van der Waals surface area contributed by atoms with Gasteiger partial charge < -0.3 is 28.6 Å². The molecule has 1 aliphatic heterocycles. The van der Waals surface area contributed by atoms with Gasteiger partial charge in [0.25, 0.3) is 0 Å². The lowest BCUT2D eigenvalue weighted by atomic mass is 10.2. The summed E-state index contributed by atoms with van der Waals surface area (Å²) in [5, 5.41) is 10.8. The van der Waals surface area contributed by atoms with E-state index in [1.807, 2.05) is 25.1 Å². The predicted molar refractivity (Wildman–Crippen MR) is 128 cm³/mol. The fourth-order valence-corrected chi connectivity index (χ4v) is 3.99. The summed E-state index contributed by atoms with van der Waals surface area (Å²) >= 11 is 0. The van der Waals surface area contributed by atoms with Crippen molar-refractivity contribution in [3.05, 3.63) is 42.1 Å². The third kappa shape index (κ3) is 4.82. The maximum atomic E-state index is 9.97. The van der Waals surface area contributed by atoms with Crippen LogP contribution in [-0.4, -0.2) is 72.8 Å². The number of furan rings is 1. The van der Waals surface area contributed by atoms with Gasteiger partial charge in [-0.05, 0) is 31.2 Å². The average molecular weight is 465 g/mol. The van der Waals surface area contributed by atoms with Gasteiger partial charge in [0.15, 0.2) is 17.2 Å². The second-order valence-electron chi connectivity index (χ2n) is 8.01. The molecule has 3 aromatic heterocycles. The average Bonchev–Trinajstić information content (AvgIpc) is 3.24. The van der Waals surface area contributed by atoms with E-state index in [4.69, 9.17) is 33.6 Å². The molecule has 9 heteroatoms. The number of morpholine rings is 1. The van der Waals surface area contributed by atoms with Crippen LogP contribution in [0.5, 0.6) is 5.75 Å². The number of rotatable bonds is 9. The largest absolute Gasteiger partial charge is 0.508 e. The number of benzene rings is 1. The van der Waals surface area contributed by atoms with Gasteiger partial charge in [0.1, 0.15) is 11.3 Å². The van der Waals surface area contributed by atoms with Crippen molar-refractivity contribution in [1.82, 2.24) is 15.0 Å². The van der Waals surface area contributed by atoms with Crippen molar-refractivity contribution in [3.63, 3.8) is 0 Å². The zero-order valence-electron chi connectivity index (χ0n) is 19.2. The number of fused-ring (bicyclic) bond motifs is 3. The van der Waals surface area contributed by atoms with Crippen LogP contribution in [-0.2, 0) is 20.6 Å². The van der Waals surface area contributed by atoms with E-state index < -0.39 is 0 Å². The molecule has 0 radical (unpaired) electrons. The molecule has 4 heterocycles. The van der Waals surface area contributed by atoms with Crippen LogP contribution < -0.4 is 4.90 Å². The van der Waals surface area contributed by atoms with Gasteiger partial charge in [0, 0.05) is 37.4 Å². The number of nitrogens with zero attached hydrogens (tertiary/aromatic N) is 4. The number of phenols is 1. The normalized spacial score (nSPS) is 14.3. The molecule has 9 nitrogen and oxygen atoms in total. The van der Waals surface area contributed by atoms with Crippen LogP contribution in [0.3, 0.4) is 0 Å². The first-order valence-electron chi connectivity index (χ1n) is 11.6. The molecule has 1 aromatic carbocycles. The van der Waals surface area contributed by atoms with E-state index >= 15 is 0 Å². The molecule has 0 amide bonds. The van der Waals surface area contributed by atoms with Gasteiger partial charge in [-0.15, -0.1) is 0 Å². The van der Waals surface area contributed by atoms with E-state index in [-0.39, 0.29) is 5.75 Å². The summed E-state index contributed by atoms with van der Waals surface area (Å²) in [7, 11) is 0. The van der Waals surface area contributed by atoms with Gasteiger partial charge in [-0.3, -0.25) is 0 Å². The van der Waals surface area contributed by atoms with Gasteiger partial charge >= 0.3 is 0 Å². The molecule has 1 N–H and O–H groups in total. The van der Waals surface area contributed by atoms with Crippen molar-refractivity contribution in [2.24, 2.45) is 0 Å². The minimum absolute atomic E-state index is 0.168. The fraction of sp³-hybridized carbons (Fsp3) is 0.400. The Balaban J connectivity index is 1.50. The van der Waals surface area contributed by atoms with Crippen LogP contribution in [0.15, 0.2) is 40.8 Å². The standard InChI is InChI=1S/C25H28N4O5/c1-2-31-14-15-32-11-8-18-6-7-20-21-22(34-25(20)26-18)24(29-9-12-33-13-10-29)28-23(27-21)17-4-3-5-19(30)16-17/h3-7,16,30H,2,8-15H2,1H3. The molecule has 0 saturated carbocycles. The molecule has 4 aromatic rings. The van der Waals surface area contributed by atoms with Gasteiger partial charge in [-0.2, -0.15) is 0 Å². The smallest absolute Gasteiger partial charge is 0.229 e. The first-order valence-corrected chi connectivity index (χ1v) is 11.6. The lowest BCUT2D eigenvalue weighted by Crippen LogP contribution is -2.37. The Bertz CT molecular complexity index is 1270. The Kier molecular flexibility index (Phi) is 6.84. The predicted octanol–water partition coefficient (Wildman–Crippen LogP) is 3.58. The molecule has 0 spiro atoms. The molecule has 1 aliphatic rings. The van der Waals surface area contributed by atoms with Gasteiger partial charge in [-0.1, -0.05) is 12.1 Å². The zero-order valence-corrected chi connectivity index (χ0v) is 19.2. The van der Waals surface area contributed by atoms with Crippen LogP contribution in [0, 0.1) is 0 Å². The molecule has 1 saturated heterocycles. The highest BCUT2D eigenvalue weighted by Gasteiger charge is 2.23. The summed E-state index contributed by atoms with van der Waals surface area (Å²) in [5.41, 5.74) is 3.46. The Morgan fingerprint density at radius 1 is 1.00 bits per heavy atom. The Labute approximate surface area is 197 Å². The lowest BCUT2D eigenvalue weighted by Gasteiger charge is -2.27. The Hall–Kier alpha value is -3.27. The molecular formula is C25H28N4O5. The fourth-order valence-electron chi connectivity index (χ4n) is 3.99. The highest BCUT2D eigenvalue weighted by Crippen LogP contribution is 2.35. The van der Waals surface area contributed by atoms with Gasteiger partial charge in [-0.25, -0.2) is 15.0 Å². The first-order chi connectivity index (χ1) is 16.7. The lowest BCUT2D eigenvalue weighted by molar-refractivity contribution is 0.0539. The number of pyridine rings is 1. The van der Waals surface area contributed by atoms with Crippen LogP contribution in [0.25, 0.3) is 33.6 Å². The number of aromatic nitrogens is 3. The SMILES string of the molecule is CCOCCOCCc1ccc2c(n1)oc1c(N3CCOCC3)nc(-c3cccc(O)c3)nc12. The summed E-state index contributed by atoms with van der Waals surface area (Å²) in [4.78, 5) is 16.5. The van der Waals surface area contributed by atoms with Crippen molar-refractivity contribution in [2.45, 2.75) is 13.3 Å². The zero-order chi connectivity index (χ0) is 23.3. The molecule has 0 unspecified atom stereocenters. The van der Waals surface area contributed by atoms with E-state index in [0.29, 0.717) is 87.6 Å².